The van der Waals surface area contributed by atoms with Gasteiger partial charge >= 0.3 is 0 Å². The molecule has 1 aromatic carbocycles. The van der Waals surface area contributed by atoms with Crippen LogP contribution in [0.25, 0.3) is 0 Å². The van der Waals surface area contributed by atoms with E-state index in [1.54, 1.807) is 18.3 Å². The highest BCUT2D eigenvalue weighted by atomic mass is 32.1. The Morgan fingerprint density at radius 3 is 2.74 bits per heavy atom. The second-order valence-corrected chi connectivity index (χ2v) is 9.12. The first-order chi connectivity index (χ1) is 15.0. The van der Waals surface area contributed by atoms with Crippen molar-refractivity contribution in [2.75, 3.05) is 37.7 Å². The topological polar surface area (TPSA) is 74.8 Å². The lowest BCUT2D eigenvalue weighted by atomic mass is 9.90. The Morgan fingerprint density at radius 1 is 1.23 bits per heavy atom. The molecule has 1 aromatic heterocycles. The molecule has 1 atom stereocenters. The molecule has 2 heterocycles. The van der Waals surface area contributed by atoms with Gasteiger partial charge in [-0.05, 0) is 32.3 Å². The van der Waals surface area contributed by atoms with Gasteiger partial charge in [0.05, 0.1) is 12.3 Å². The maximum absolute atomic E-state index is 12.8. The van der Waals surface area contributed by atoms with Crippen LogP contribution in [0, 0.1) is 5.92 Å². The van der Waals surface area contributed by atoms with Crippen molar-refractivity contribution in [3.05, 3.63) is 40.4 Å². The molecule has 1 aliphatic heterocycles. The van der Waals surface area contributed by atoms with Gasteiger partial charge in [0.1, 0.15) is 5.75 Å². The Hall–Kier alpha value is -2.61. The van der Waals surface area contributed by atoms with Crippen LogP contribution in [0.4, 0.5) is 5.13 Å². The molecule has 0 radical (unpaired) electrons. The van der Waals surface area contributed by atoms with Gasteiger partial charge in [-0.1, -0.05) is 18.2 Å². The van der Waals surface area contributed by atoms with Crippen LogP contribution in [0.3, 0.4) is 0 Å². The summed E-state index contributed by atoms with van der Waals surface area (Å²) in [5, 5.41) is 4.13. The molecule has 1 saturated heterocycles. The third kappa shape index (κ3) is 5.01. The van der Waals surface area contributed by atoms with Crippen molar-refractivity contribution < 1.29 is 14.3 Å². The lowest BCUT2D eigenvalue weighted by molar-refractivity contribution is -0.129. The summed E-state index contributed by atoms with van der Waals surface area (Å²) in [4.78, 5) is 34.6. The van der Waals surface area contributed by atoms with E-state index in [0.29, 0.717) is 13.2 Å². The van der Waals surface area contributed by atoms with E-state index in [-0.39, 0.29) is 17.7 Å². The van der Waals surface area contributed by atoms with Gasteiger partial charge in [-0.3, -0.25) is 9.59 Å². The standard InChI is InChI=1S/C23H30N4O3S/c1-3-30-20-7-5-4-6-18(20)15-24-22(29)17-8-9-19-21(14-17)31-23(25-19)27-12-10-26(11-13-27)16(2)28/h4-7,17H,3,8-15H2,1-2H3,(H,24,29)/t17-/m1/s1. The first-order valence-corrected chi connectivity index (χ1v) is 11.8. The molecule has 2 aliphatic rings. The molecule has 0 spiro atoms. The SMILES string of the molecule is CCOc1ccccc1CNC(=O)[C@@H]1CCc2nc(N3CCN(C(C)=O)CC3)sc2C1. The molecule has 2 amide bonds. The molecule has 7 nitrogen and oxygen atoms in total. The monoisotopic (exact) mass is 442 g/mol. The molecule has 0 saturated carbocycles. The van der Waals surface area contributed by atoms with Crippen molar-refractivity contribution in [1.82, 2.24) is 15.2 Å². The number of carbonyl (C=O) groups is 2. The highest BCUT2D eigenvalue weighted by molar-refractivity contribution is 7.15. The number of thiazole rings is 1. The lowest BCUT2D eigenvalue weighted by Gasteiger charge is -2.33. The van der Waals surface area contributed by atoms with E-state index in [2.05, 4.69) is 10.2 Å². The zero-order valence-electron chi connectivity index (χ0n) is 18.2. The van der Waals surface area contributed by atoms with Gasteiger partial charge in [-0.2, -0.15) is 0 Å². The van der Waals surface area contributed by atoms with Gasteiger partial charge in [0.2, 0.25) is 11.8 Å². The molecule has 1 N–H and O–H groups in total. The average Bonchev–Trinajstić information content (AvgIpc) is 3.22. The molecule has 4 rings (SSSR count). The number of hydrogen-bond acceptors (Lipinski definition) is 6. The van der Waals surface area contributed by atoms with E-state index in [1.807, 2.05) is 36.1 Å². The van der Waals surface area contributed by atoms with Crippen LogP contribution in [0.1, 0.15) is 36.4 Å². The van der Waals surface area contributed by atoms with Gasteiger partial charge in [0.15, 0.2) is 5.13 Å². The lowest BCUT2D eigenvalue weighted by Crippen LogP contribution is -2.48. The summed E-state index contributed by atoms with van der Waals surface area (Å²) in [7, 11) is 0. The number of amides is 2. The minimum atomic E-state index is -0.0189. The van der Waals surface area contributed by atoms with E-state index >= 15 is 0 Å². The van der Waals surface area contributed by atoms with Crippen LogP contribution in [-0.4, -0.2) is 54.5 Å². The number of aryl methyl sites for hydroxylation is 1. The van der Waals surface area contributed by atoms with Crippen molar-refractivity contribution in [3.8, 4) is 5.75 Å². The van der Waals surface area contributed by atoms with Crippen LogP contribution >= 0.6 is 11.3 Å². The number of anilines is 1. The van der Waals surface area contributed by atoms with Crippen molar-refractivity contribution in [3.63, 3.8) is 0 Å². The minimum Gasteiger partial charge on any atom is -0.494 e. The Balaban J connectivity index is 1.34. The summed E-state index contributed by atoms with van der Waals surface area (Å²) in [6.07, 6.45) is 2.42. The van der Waals surface area contributed by atoms with E-state index in [4.69, 9.17) is 9.72 Å². The van der Waals surface area contributed by atoms with E-state index < -0.39 is 0 Å². The zero-order valence-corrected chi connectivity index (χ0v) is 19.0. The minimum absolute atomic E-state index is 0.0189. The summed E-state index contributed by atoms with van der Waals surface area (Å²) in [5.74, 6) is 1.04. The predicted octanol–water partition coefficient (Wildman–Crippen LogP) is 2.63. The van der Waals surface area contributed by atoms with Crippen molar-refractivity contribution in [1.29, 1.82) is 0 Å². The Morgan fingerprint density at radius 2 is 2.00 bits per heavy atom. The van der Waals surface area contributed by atoms with Gasteiger partial charge in [0.25, 0.3) is 0 Å². The highest BCUT2D eigenvalue weighted by Crippen LogP contribution is 2.34. The summed E-state index contributed by atoms with van der Waals surface area (Å²) >= 11 is 1.71. The predicted molar refractivity (Wildman–Crippen MR) is 122 cm³/mol. The van der Waals surface area contributed by atoms with Gasteiger partial charge in [-0.15, -0.1) is 11.3 Å². The van der Waals surface area contributed by atoms with Crippen LogP contribution in [0.15, 0.2) is 24.3 Å². The number of rotatable bonds is 6. The molecule has 31 heavy (non-hydrogen) atoms. The maximum Gasteiger partial charge on any atom is 0.223 e. The number of ether oxygens (including phenoxy) is 1. The summed E-state index contributed by atoms with van der Waals surface area (Å²) < 4.78 is 5.66. The van der Waals surface area contributed by atoms with E-state index in [0.717, 1.165) is 67.6 Å². The van der Waals surface area contributed by atoms with E-state index in [1.165, 1.54) is 4.88 Å². The molecular formula is C23H30N4O3S. The number of aromatic nitrogens is 1. The first-order valence-electron chi connectivity index (χ1n) is 11.0. The Kier molecular flexibility index (Phi) is 6.75. The van der Waals surface area contributed by atoms with Crippen LogP contribution in [0.5, 0.6) is 5.75 Å². The first kappa shape index (κ1) is 21.6. The number of hydrogen-bond donors (Lipinski definition) is 1. The number of nitrogens with one attached hydrogen (secondary N) is 1. The largest absolute Gasteiger partial charge is 0.494 e. The molecule has 2 aromatic rings. The fourth-order valence-electron chi connectivity index (χ4n) is 4.21. The van der Waals surface area contributed by atoms with Crippen molar-refractivity contribution in [2.45, 2.75) is 39.7 Å². The summed E-state index contributed by atoms with van der Waals surface area (Å²) in [6, 6.07) is 7.84. The highest BCUT2D eigenvalue weighted by Gasteiger charge is 2.29. The molecule has 1 fully saturated rings. The fourth-order valence-corrected chi connectivity index (χ4v) is 5.44. The quantitative estimate of drug-likeness (QED) is 0.744. The number of para-hydroxylation sites is 1. The molecule has 166 valence electrons. The molecular weight excluding hydrogens is 412 g/mol. The third-order valence-electron chi connectivity index (χ3n) is 6.02. The number of nitrogens with zero attached hydrogens (tertiary/aromatic N) is 3. The number of fused-ring (bicyclic) bond motifs is 1. The molecule has 0 bridgehead atoms. The summed E-state index contributed by atoms with van der Waals surface area (Å²) in [6.45, 7) is 7.78. The Bertz CT molecular complexity index is 937. The van der Waals surface area contributed by atoms with Crippen molar-refractivity contribution >= 4 is 28.3 Å². The van der Waals surface area contributed by atoms with Gasteiger partial charge < -0.3 is 19.9 Å². The van der Waals surface area contributed by atoms with Crippen LogP contribution in [0.2, 0.25) is 0 Å². The molecule has 8 heteroatoms. The van der Waals surface area contributed by atoms with Crippen LogP contribution < -0.4 is 15.0 Å². The second kappa shape index (κ2) is 9.68. The number of benzene rings is 1. The van der Waals surface area contributed by atoms with Crippen LogP contribution in [-0.2, 0) is 29.0 Å². The Labute approximate surface area is 187 Å². The fraction of sp³-hybridized carbons (Fsp3) is 0.522. The molecule has 0 unspecified atom stereocenters. The number of carbonyl (C=O) groups excluding carboxylic acids is 2. The van der Waals surface area contributed by atoms with Gasteiger partial charge in [-0.25, -0.2) is 4.98 Å². The normalized spacial score (nSPS) is 18.5. The number of piperazine rings is 1. The third-order valence-corrected chi connectivity index (χ3v) is 7.20. The van der Waals surface area contributed by atoms with Gasteiger partial charge in [0, 0.05) is 56.0 Å². The smallest absolute Gasteiger partial charge is 0.223 e. The van der Waals surface area contributed by atoms with Crippen molar-refractivity contribution in [2.24, 2.45) is 5.92 Å². The van der Waals surface area contributed by atoms with E-state index in [9.17, 15) is 9.59 Å². The second-order valence-electron chi connectivity index (χ2n) is 8.06. The molecule has 1 aliphatic carbocycles. The zero-order chi connectivity index (χ0) is 21.8. The summed E-state index contributed by atoms with van der Waals surface area (Å²) in [5.41, 5.74) is 2.14. The maximum atomic E-state index is 12.8. The average molecular weight is 443 g/mol.